The molecule has 2 saturated heterocycles. The molecule has 0 unspecified atom stereocenters. The smallest absolute Gasteiger partial charge is 0.0105 e. The van der Waals surface area contributed by atoms with Crippen LogP contribution < -0.4 is 5.73 Å². The topological polar surface area (TPSA) is 32.5 Å². The average molecular weight is 197 g/mol. The molecule has 0 amide bonds. The van der Waals surface area contributed by atoms with Gasteiger partial charge in [0.2, 0.25) is 0 Å². The van der Waals surface area contributed by atoms with Crippen molar-refractivity contribution >= 4 is 0 Å². The van der Waals surface area contributed by atoms with Crippen molar-refractivity contribution in [3.63, 3.8) is 0 Å². The molecule has 0 atom stereocenters. The van der Waals surface area contributed by atoms with Crippen molar-refractivity contribution in [1.82, 2.24) is 9.80 Å². The minimum absolute atomic E-state index is 0.657. The number of nitrogens with two attached hydrogens (primary N) is 1. The molecule has 0 aromatic carbocycles. The van der Waals surface area contributed by atoms with E-state index in [0.717, 1.165) is 13.1 Å². The van der Waals surface area contributed by atoms with Gasteiger partial charge in [0, 0.05) is 38.1 Å². The maximum atomic E-state index is 5.55. The molecule has 82 valence electrons. The third-order valence-corrected chi connectivity index (χ3v) is 3.62. The molecule has 1 spiro atoms. The van der Waals surface area contributed by atoms with Gasteiger partial charge in [0.25, 0.3) is 0 Å². The van der Waals surface area contributed by atoms with E-state index in [4.69, 9.17) is 5.73 Å². The summed E-state index contributed by atoms with van der Waals surface area (Å²) in [4.78, 5) is 5.12. The Morgan fingerprint density at radius 1 is 1.14 bits per heavy atom. The third-order valence-electron chi connectivity index (χ3n) is 3.62. The molecule has 0 saturated carbocycles. The van der Waals surface area contributed by atoms with Gasteiger partial charge < -0.3 is 15.5 Å². The van der Waals surface area contributed by atoms with E-state index in [-0.39, 0.29) is 0 Å². The summed E-state index contributed by atoms with van der Waals surface area (Å²) in [5, 5.41) is 0. The Morgan fingerprint density at radius 2 is 1.86 bits per heavy atom. The Bertz CT molecular complexity index is 187. The predicted molar refractivity (Wildman–Crippen MR) is 59.3 cm³/mol. The van der Waals surface area contributed by atoms with Gasteiger partial charge in [0.15, 0.2) is 0 Å². The zero-order valence-electron chi connectivity index (χ0n) is 9.34. The van der Waals surface area contributed by atoms with Crippen LogP contribution in [-0.2, 0) is 0 Å². The lowest BCUT2D eigenvalue weighted by molar-refractivity contribution is 0.0112. The zero-order valence-corrected chi connectivity index (χ0v) is 9.34. The van der Waals surface area contributed by atoms with E-state index >= 15 is 0 Å². The summed E-state index contributed by atoms with van der Waals surface area (Å²) in [6, 6.07) is 0. The second kappa shape index (κ2) is 4.17. The van der Waals surface area contributed by atoms with Crippen LogP contribution in [0.2, 0.25) is 0 Å². The van der Waals surface area contributed by atoms with Crippen LogP contribution >= 0.6 is 0 Å². The third kappa shape index (κ3) is 1.95. The highest BCUT2D eigenvalue weighted by Gasteiger charge is 2.46. The average Bonchev–Trinajstić information content (AvgIpc) is 2.49. The molecule has 2 heterocycles. The maximum absolute atomic E-state index is 5.55. The van der Waals surface area contributed by atoms with Crippen molar-refractivity contribution in [3.8, 4) is 0 Å². The van der Waals surface area contributed by atoms with E-state index in [9.17, 15) is 0 Å². The van der Waals surface area contributed by atoms with Crippen molar-refractivity contribution in [2.24, 2.45) is 11.1 Å². The normalized spacial score (nSPS) is 27.0. The molecule has 2 aliphatic heterocycles. The van der Waals surface area contributed by atoms with Crippen LogP contribution in [0.4, 0.5) is 0 Å². The molecule has 2 rings (SSSR count). The zero-order chi connectivity index (χ0) is 10.0. The van der Waals surface area contributed by atoms with Gasteiger partial charge in [-0.3, -0.25) is 0 Å². The summed E-state index contributed by atoms with van der Waals surface area (Å²) < 4.78 is 0. The molecule has 2 fully saturated rings. The van der Waals surface area contributed by atoms with Crippen molar-refractivity contribution in [2.45, 2.75) is 19.8 Å². The van der Waals surface area contributed by atoms with E-state index in [1.165, 1.54) is 45.6 Å². The van der Waals surface area contributed by atoms with Crippen LogP contribution in [0, 0.1) is 5.41 Å². The second-order valence-electron chi connectivity index (χ2n) is 5.03. The Morgan fingerprint density at radius 3 is 2.50 bits per heavy atom. The summed E-state index contributed by atoms with van der Waals surface area (Å²) in [7, 11) is 0. The molecule has 0 aromatic heterocycles. The van der Waals surface area contributed by atoms with Gasteiger partial charge >= 0.3 is 0 Å². The highest BCUT2D eigenvalue weighted by Crippen LogP contribution is 2.39. The molecular weight excluding hydrogens is 174 g/mol. The van der Waals surface area contributed by atoms with E-state index < -0.39 is 0 Å². The molecular formula is C11H23N3. The highest BCUT2D eigenvalue weighted by molar-refractivity contribution is 5.01. The van der Waals surface area contributed by atoms with E-state index in [1.807, 2.05) is 0 Å². The maximum Gasteiger partial charge on any atom is 0.0105 e. The summed E-state index contributed by atoms with van der Waals surface area (Å²) in [6.45, 7) is 10.7. The summed E-state index contributed by atoms with van der Waals surface area (Å²) >= 11 is 0. The molecule has 3 heteroatoms. The Hall–Kier alpha value is -0.120. The lowest BCUT2D eigenvalue weighted by Crippen LogP contribution is -2.58. The highest BCUT2D eigenvalue weighted by atomic mass is 15.3. The van der Waals surface area contributed by atoms with Crippen molar-refractivity contribution in [2.75, 3.05) is 45.8 Å². The Kier molecular flexibility index (Phi) is 3.10. The lowest BCUT2D eigenvalue weighted by Gasteiger charge is -2.48. The van der Waals surface area contributed by atoms with Gasteiger partial charge in [0.1, 0.15) is 0 Å². The molecule has 0 aromatic rings. The van der Waals surface area contributed by atoms with Gasteiger partial charge in [0.05, 0.1) is 0 Å². The first-order chi connectivity index (χ1) is 6.78. The number of likely N-dealkylation sites (tertiary alicyclic amines) is 2. The minimum Gasteiger partial charge on any atom is -0.329 e. The fraction of sp³-hybridized carbons (Fsp3) is 1.00. The van der Waals surface area contributed by atoms with E-state index in [0.29, 0.717) is 5.41 Å². The van der Waals surface area contributed by atoms with Crippen LogP contribution in [0.15, 0.2) is 0 Å². The summed E-state index contributed by atoms with van der Waals surface area (Å²) in [5.74, 6) is 0. The number of hydrogen-bond donors (Lipinski definition) is 1. The van der Waals surface area contributed by atoms with Crippen LogP contribution in [0.25, 0.3) is 0 Å². The molecule has 0 aliphatic carbocycles. The number of hydrogen-bond acceptors (Lipinski definition) is 3. The minimum atomic E-state index is 0.657. The molecule has 3 nitrogen and oxygen atoms in total. The monoisotopic (exact) mass is 197 g/mol. The first kappa shape index (κ1) is 10.4. The summed E-state index contributed by atoms with van der Waals surface area (Å²) in [5.41, 5.74) is 6.21. The lowest BCUT2D eigenvalue weighted by atomic mass is 9.79. The van der Waals surface area contributed by atoms with E-state index in [1.54, 1.807) is 0 Å². The number of rotatable bonds is 4. The molecule has 2 aliphatic rings. The Labute approximate surface area is 87.2 Å². The van der Waals surface area contributed by atoms with Gasteiger partial charge in [-0.15, -0.1) is 0 Å². The second-order valence-corrected chi connectivity index (χ2v) is 5.03. The van der Waals surface area contributed by atoms with Gasteiger partial charge in [-0.05, 0) is 25.9 Å². The van der Waals surface area contributed by atoms with E-state index in [2.05, 4.69) is 16.7 Å². The van der Waals surface area contributed by atoms with Crippen molar-refractivity contribution < 1.29 is 0 Å². The van der Waals surface area contributed by atoms with Crippen LogP contribution in [0.3, 0.4) is 0 Å². The summed E-state index contributed by atoms with van der Waals surface area (Å²) in [6.07, 6.45) is 2.71. The molecule has 2 N–H and O–H groups in total. The first-order valence-electron chi connectivity index (χ1n) is 5.93. The first-order valence-corrected chi connectivity index (χ1v) is 5.93. The van der Waals surface area contributed by atoms with Crippen LogP contribution in [0.5, 0.6) is 0 Å². The largest absolute Gasteiger partial charge is 0.329 e. The van der Waals surface area contributed by atoms with Crippen molar-refractivity contribution in [3.05, 3.63) is 0 Å². The van der Waals surface area contributed by atoms with Gasteiger partial charge in [-0.2, -0.15) is 0 Å². The predicted octanol–water partition coefficient (Wildman–Crippen LogP) is 0.363. The standard InChI is InChI=1S/C11H23N3/c1-2-5-13-6-3-11(8-13)9-14(10-11)7-4-12/h2-10,12H2,1H3. The molecule has 14 heavy (non-hydrogen) atoms. The number of nitrogens with zero attached hydrogens (tertiary/aromatic N) is 2. The SMILES string of the molecule is CCCN1CCC2(C1)CN(CCN)C2. The van der Waals surface area contributed by atoms with Crippen LogP contribution in [0.1, 0.15) is 19.8 Å². The fourth-order valence-electron chi connectivity index (χ4n) is 3.04. The van der Waals surface area contributed by atoms with Gasteiger partial charge in [-0.1, -0.05) is 6.92 Å². The van der Waals surface area contributed by atoms with Crippen molar-refractivity contribution in [1.29, 1.82) is 0 Å². The molecule has 0 bridgehead atoms. The molecule has 0 radical (unpaired) electrons. The fourth-order valence-corrected chi connectivity index (χ4v) is 3.04. The quantitative estimate of drug-likeness (QED) is 0.706. The van der Waals surface area contributed by atoms with Crippen LogP contribution in [-0.4, -0.2) is 55.6 Å². The van der Waals surface area contributed by atoms with Gasteiger partial charge in [-0.25, -0.2) is 0 Å². The Balaban J connectivity index is 1.74.